The van der Waals surface area contributed by atoms with Crippen molar-refractivity contribution >= 4 is 40.1 Å². The van der Waals surface area contributed by atoms with Crippen molar-refractivity contribution in [1.29, 1.82) is 0 Å². The smallest absolute Gasteiger partial charge is 0.241 e. The molecule has 0 aromatic heterocycles. The minimum absolute atomic E-state index is 0. The van der Waals surface area contributed by atoms with Gasteiger partial charge in [-0.1, -0.05) is 17.7 Å². The van der Waals surface area contributed by atoms with Crippen LogP contribution >= 0.6 is 24.2 Å². The van der Waals surface area contributed by atoms with E-state index in [0.29, 0.717) is 12.2 Å². The molecule has 1 atom stereocenters. The highest BCUT2D eigenvalue weighted by Crippen LogP contribution is 2.12. The average Bonchev–Trinajstić information content (AvgIpc) is 2.48. The Morgan fingerprint density at radius 2 is 1.84 bits per heavy atom. The Labute approximate surface area is 161 Å². The van der Waals surface area contributed by atoms with Gasteiger partial charge in [-0.25, -0.2) is 8.42 Å². The number of nitrogens with two attached hydrogens (primary N) is 1. The molecule has 0 bridgehead atoms. The molecule has 0 aliphatic rings. The molecule has 144 valence electrons. The van der Waals surface area contributed by atoms with Gasteiger partial charge in [-0.2, -0.15) is 16.5 Å². The molecule has 6 nitrogen and oxygen atoms in total. The fourth-order valence-electron chi connectivity index (χ4n) is 1.89. The fourth-order valence-corrected chi connectivity index (χ4v) is 3.59. The fraction of sp³-hybridized carbons (Fsp3) is 0.562. The van der Waals surface area contributed by atoms with Crippen LogP contribution in [-0.2, 0) is 14.8 Å². The molecule has 0 aliphatic carbocycles. The largest absolute Gasteiger partial charge is 0.353 e. The maximum Gasteiger partial charge on any atom is 0.241 e. The van der Waals surface area contributed by atoms with Crippen molar-refractivity contribution in [2.45, 2.75) is 43.7 Å². The molecule has 1 aromatic rings. The number of benzene rings is 1. The Bertz CT molecular complexity index is 644. The SMILES string of the molecule is CSCCC(NS(=O)(=O)c1ccc(C)cc1)C(=O)NCC(C)(C)N.Cl. The van der Waals surface area contributed by atoms with Gasteiger partial charge in [-0.05, 0) is 51.3 Å². The summed E-state index contributed by atoms with van der Waals surface area (Å²) in [6.07, 6.45) is 2.32. The predicted molar refractivity (Wildman–Crippen MR) is 107 cm³/mol. The first kappa shape index (κ1) is 24.2. The number of hydrogen-bond acceptors (Lipinski definition) is 5. The molecule has 1 rings (SSSR count). The molecule has 0 radical (unpaired) electrons. The monoisotopic (exact) mass is 409 g/mol. The molecule has 1 amide bonds. The maximum absolute atomic E-state index is 12.5. The summed E-state index contributed by atoms with van der Waals surface area (Å²) in [7, 11) is -3.76. The van der Waals surface area contributed by atoms with Crippen molar-refractivity contribution in [3.8, 4) is 0 Å². The number of halogens is 1. The zero-order chi connectivity index (χ0) is 18.4. The number of sulfonamides is 1. The summed E-state index contributed by atoms with van der Waals surface area (Å²) in [4.78, 5) is 12.5. The zero-order valence-corrected chi connectivity index (χ0v) is 17.5. The summed E-state index contributed by atoms with van der Waals surface area (Å²) in [6, 6.07) is 5.69. The van der Waals surface area contributed by atoms with Gasteiger partial charge in [0.1, 0.15) is 6.04 Å². The van der Waals surface area contributed by atoms with Crippen molar-refractivity contribution in [2.75, 3.05) is 18.6 Å². The van der Waals surface area contributed by atoms with E-state index >= 15 is 0 Å². The third-order valence-electron chi connectivity index (χ3n) is 3.27. The standard InChI is InChI=1S/C16H27N3O3S2.ClH/c1-12-5-7-13(8-6-12)24(21,22)19-14(9-10-23-4)15(20)18-11-16(2,3)17;/h5-8,14,19H,9-11,17H2,1-4H3,(H,18,20);1H. The molecule has 25 heavy (non-hydrogen) atoms. The van der Waals surface area contributed by atoms with E-state index in [4.69, 9.17) is 5.73 Å². The molecule has 0 saturated heterocycles. The van der Waals surface area contributed by atoms with Crippen LogP contribution in [0.1, 0.15) is 25.8 Å². The van der Waals surface area contributed by atoms with Crippen LogP contribution in [0.2, 0.25) is 0 Å². The van der Waals surface area contributed by atoms with Gasteiger partial charge in [-0.3, -0.25) is 4.79 Å². The second-order valence-corrected chi connectivity index (χ2v) is 9.17. The molecule has 0 spiro atoms. The molecule has 1 aromatic carbocycles. The molecule has 0 fully saturated rings. The average molecular weight is 410 g/mol. The van der Waals surface area contributed by atoms with Crippen LogP contribution in [0, 0.1) is 6.92 Å². The van der Waals surface area contributed by atoms with E-state index in [2.05, 4.69) is 10.0 Å². The Balaban J connectivity index is 0.00000576. The van der Waals surface area contributed by atoms with Crippen LogP contribution in [-0.4, -0.2) is 44.5 Å². The molecular weight excluding hydrogens is 382 g/mol. The van der Waals surface area contributed by atoms with Crippen LogP contribution in [0.15, 0.2) is 29.2 Å². The lowest BCUT2D eigenvalue weighted by Gasteiger charge is -2.23. The second kappa shape index (κ2) is 10.4. The van der Waals surface area contributed by atoms with Gasteiger partial charge >= 0.3 is 0 Å². The summed E-state index contributed by atoms with van der Waals surface area (Å²) in [5.41, 5.74) is 6.27. The van der Waals surface area contributed by atoms with E-state index in [1.54, 1.807) is 37.7 Å². The lowest BCUT2D eigenvalue weighted by molar-refractivity contribution is -0.123. The molecule has 0 aliphatic heterocycles. The lowest BCUT2D eigenvalue weighted by atomic mass is 10.1. The lowest BCUT2D eigenvalue weighted by Crippen LogP contribution is -2.52. The normalized spacial score (nSPS) is 13.0. The summed E-state index contributed by atoms with van der Waals surface area (Å²) >= 11 is 1.56. The van der Waals surface area contributed by atoms with Crippen LogP contribution in [0.5, 0.6) is 0 Å². The van der Waals surface area contributed by atoms with Gasteiger partial charge in [0.2, 0.25) is 15.9 Å². The number of thioether (sulfide) groups is 1. The first-order valence-corrected chi connectivity index (χ1v) is 10.6. The first-order chi connectivity index (χ1) is 11.0. The minimum atomic E-state index is -3.76. The number of hydrogen-bond donors (Lipinski definition) is 3. The third kappa shape index (κ3) is 8.91. The number of amides is 1. The van der Waals surface area contributed by atoms with Crippen LogP contribution in [0.3, 0.4) is 0 Å². The Morgan fingerprint density at radius 1 is 1.28 bits per heavy atom. The third-order valence-corrected chi connectivity index (χ3v) is 5.41. The van der Waals surface area contributed by atoms with Crippen molar-refractivity contribution in [2.24, 2.45) is 5.73 Å². The van der Waals surface area contributed by atoms with Crippen LogP contribution in [0.4, 0.5) is 0 Å². The molecular formula is C16H28ClN3O3S2. The van der Waals surface area contributed by atoms with Crippen molar-refractivity contribution < 1.29 is 13.2 Å². The highest BCUT2D eigenvalue weighted by atomic mass is 35.5. The number of nitrogens with one attached hydrogen (secondary N) is 2. The summed E-state index contributed by atoms with van der Waals surface area (Å²) in [5.74, 6) is 0.304. The van der Waals surface area contributed by atoms with Gasteiger partial charge in [0, 0.05) is 12.1 Å². The Morgan fingerprint density at radius 3 is 2.32 bits per heavy atom. The van der Waals surface area contributed by atoms with Crippen molar-refractivity contribution in [3.63, 3.8) is 0 Å². The predicted octanol–water partition coefficient (Wildman–Crippen LogP) is 1.67. The van der Waals surface area contributed by atoms with Crippen molar-refractivity contribution in [3.05, 3.63) is 29.8 Å². The summed E-state index contributed by atoms with van der Waals surface area (Å²) in [5, 5.41) is 2.71. The topological polar surface area (TPSA) is 101 Å². The van der Waals surface area contributed by atoms with Crippen LogP contribution < -0.4 is 15.8 Å². The van der Waals surface area contributed by atoms with E-state index in [1.807, 2.05) is 13.2 Å². The van der Waals surface area contributed by atoms with Gasteiger partial charge in [0.15, 0.2) is 0 Å². The Kier molecular flexibility index (Phi) is 10.0. The summed E-state index contributed by atoms with van der Waals surface area (Å²) < 4.78 is 27.5. The van der Waals surface area contributed by atoms with E-state index in [9.17, 15) is 13.2 Å². The second-order valence-electron chi connectivity index (χ2n) is 6.47. The minimum Gasteiger partial charge on any atom is -0.353 e. The Hall–Kier alpha value is -0.800. The van der Waals surface area contributed by atoms with Gasteiger partial charge in [0.25, 0.3) is 0 Å². The van der Waals surface area contributed by atoms with Gasteiger partial charge in [-0.15, -0.1) is 12.4 Å². The highest BCUT2D eigenvalue weighted by molar-refractivity contribution is 7.98. The number of carbonyl (C=O) groups is 1. The molecule has 4 N–H and O–H groups in total. The molecule has 1 unspecified atom stereocenters. The molecule has 9 heteroatoms. The number of aryl methyl sites for hydroxylation is 1. The molecule has 0 saturated carbocycles. The van der Waals surface area contributed by atoms with Gasteiger partial charge in [0.05, 0.1) is 4.90 Å². The van der Waals surface area contributed by atoms with Crippen molar-refractivity contribution in [1.82, 2.24) is 10.0 Å². The highest BCUT2D eigenvalue weighted by Gasteiger charge is 2.26. The number of rotatable bonds is 9. The van der Waals surface area contributed by atoms with Gasteiger partial charge < -0.3 is 11.1 Å². The number of carbonyl (C=O) groups excluding carboxylic acids is 1. The maximum atomic E-state index is 12.5. The van der Waals surface area contributed by atoms with E-state index in [1.165, 1.54) is 12.1 Å². The quantitative estimate of drug-likeness (QED) is 0.575. The van der Waals surface area contributed by atoms with Crippen LogP contribution in [0.25, 0.3) is 0 Å². The molecule has 0 heterocycles. The zero-order valence-electron chi connectivity index (χ0n) is 15.0. The first-order valence-electron chi connectivity index (χ1n) is 7.70. The summed E-state index contributed by atoms with van der Waals surface area (Å²) in [6.45, 7) is 5.74. The van der Waals surface area contributed by atoms with E-state index in [0.717, 1.165) is 5.56 Å². The van der Waals surface area contributed by atoms with E-state index in [-0.39, 0.29) is 29.8 Å². The van der Waals surface area contributed by atoms with E-state index < -0.39 is 21.6 Å².